The fraction of sp³-hybridized carbons (Fsp3) is 0.273. The van der Waals surface area contributed by atoms with Crippen LogP contribution in [0.15, 0.2) is 57.2 Å². The minimum Gasteiger partial charge on any atom is -0.348 e. The number of rotatable bonds is 5. The van der Waals surface area contributed by atoms with Crippen LogP contribution in [-0.2, 0) is 11.3 Å². The standard InChI is InChI=1S/C20H12F5N5O3.C2H6.2H2/c21-11-5-13(22)15(27-6-11)8-28-17(31)16(9-3-10(4-9)20(23,24)25)30-18(32)12-1-2-26-7-14(12)29-19(30)33;1-2;;/h1-2,5-7,16H,3,8H2,(H,28,31)(H,29,33);1-2H3;2*1H/t16-;;;/m0.../s1. The average molecular weight is 499 g/mol. The molecular formula is C22H22F5N5O3. The summed E-state index contributed by atoms with van der Waals surface area (Å²) in [7, 11) is 0. The van der Waals surface area contributed by atoms with E-state index in [2.05, 4.69) is 20.3 Å². The van der Waals surface area contributed by atoms with E-state index in [0.717, 1.165) is 0 Å². The molecule has 2 N–H and O–H groups in total. The molecule has 1 aliphatic carbocycles. The Morgan fingerprint density at radius 2 is 1.97 bits per heavy atom. The first-order valence-electron chi connectivity index (χ1n) is 10.3. The third kappa shape index (κ3) is 5.19. The van der Waals surface area contributed by atoms with Crippen molar-refractivity contribution in [3.8, 4) is 0 Å². The predicted molar refractivity (Wildman–Crippen MR) is 118 cm³/mol. The lowest BCUT2D eigenvalue weighted by Crippen LogP contribution is -2.46. The van der Waals surface area contributed by atoms with Crippen molar-refractivity contribution in [3.05, 3.63) is 85.8 Å². The molecule has 4 rings (SSSR count). The molecule has 3 heterocycles. The number of halogens is 5. The molecule has 0 spiro atoms. The normalized spacial score (nSPS) is 13.7. The van der Waals surface area contributed by atoms with Crippen LogP contribution in [0.3, 0.4) is 0 Å². The summed E-state index contributed by atoms with van der Waals surface area (Å²) in [5.74, 6) is -3.10. The van der Waals surface area contributed by atoms with Gasteiger partial charge in [0, 0.05) is 27.1 Å². The minimum absolute atomic E-state index is 0. The lowest BCUT2D eigenvalue weighted by Gasteiger charge is -2.25. The third-order valence-electron chi connectivity index (χ3n) is 4.90. The molecule has 0 aliphatic heterocycles. The van der Waals surface area contributed by atoms with Crippen LogP contribution < -0.4 is 16.6 Å². The zero-order chi connectivity index (χ0) is 25.9. The largest absolute Gasteiger partial charge is 0.420 e. The summed E-state index contributed by atoms with van der Waals surface area (Å²) in [6.45, 7) is 3.43. The van der Waals surface area contributed by atoms with Crippen LogP contribution in [0.5, 0.6) is 0 Å². The van der Waals surface area contributed by atoms with Gasteiger partial charge in [-0.1, -0.05) is 13.8 Å². The van der Waals surface area contributed by atoms with E-state index in [1.54, 1.807) is 0 Å². The summed E-state index contributed by atoms with van der Waals surface area (Å²) in [4.78, 5) is 48.1. The zero-order valence-electron chi connectivity index (χ0n) is 18.3. The molecule has 8 nitrogen and oxygen atoms in total. The Morgan fingerprint density at radius 1 is 1.29 bits per heavy atom. The second kappa shape index (κ2) is 10.0. The number of hydrogen-bond acceptors (Lipinski definition) is 5. The van der Waals surface area contributed by atoms with Crippen LogP contribution in [0.1, 0.15) is 34.9 Å². The minimum atomic E-state index is -4.70. The number of aromatic amines is 1. The molecule has 1 amide bonds. The Morgan fingerprint density at radius 3 is 2.60 bits per heavy atom. The lowest BCUT2D eigenvalue weighted by atomic mass is 9.90. The number of carbonyl (C=O) groups excluding carboxylic acids is 1. The molecule has 3 aromatic rings. The van der Waals surface area contributed by atoms with Gasteiger partial charge in [0.2, 0.25) is 5.91 Å². The van der Waals surface area contributed by atoms with Gasteiger partial charge in [-0.05, 0) is 6.07 Å². The van der Waals surface area contributed by atoms with E-state index in [1.165, 1.54) is 18.5 Å². The van der Waals surface area contributed by atoms with Gasteiger partial charge in [0.15, 0.2) is 0 Å². The Hall–Kier alpha value is -4.12. The molecule has 1 atom stereocenters. The number of pyridine rings is 2. The molecule has 0 radical (unpaired) electrons. The van der Waals surface area contributed by atoms with Gasteiger partial charge in [0.1, 0.15) is 17.7 Å². The van der Waals surface area contributed by atoms with Gasteiger partial charge < -0.3 is 10.3 Å². The van der Waals surface area contributed by atoms with Crippen LogP contribution in [0.4, 0.5) is 22.0 Å². The van der Waals surface area contributed by atoms with Gasteiger partial charge in [-0.25, -0.2) is 18.1 Å². The molecule has 0 unspecified atom stereocenters. The third-order valence-corrected chi connectivity index (χ3v) is 4.90. The van der Waals surface area contributed by atoms with Crippen LogP contribution in [0.25, 0.3) is 10.9 Å². The molecule has 3 aromatic heterocycles. The monoisotopic (exact) mass is 499 g/mol. The van der Waals surface area contributed by atoms with Crippen LogP contribution in [0, 0.1) is 11.6 Å². The molecule has 188 valence electrons. The highest BCUT2D eigenvalue weighted by molar-refractivity contribution is 5.84. The van der Waals surface area contributed by atoms with Gasteiger partial charge in [0.25, 0.3) is 5.56 Å². The first-order valence-corrected chi connectivity index (χ1v) is 10.3. The summed E-state index contributed by atoms with van der Waals surface area (Å²) in [5.41, 5.74) is -1.64. The second-order valence-electron chi connectivity index (χ2n) is 7.03. The smallest absolute Gasteiger partial charge is 0.348 e. The van der Waals surface area contributed by atoms with Crippen molar-refractivity contribution in [1.82, 2.24) is 24.8 Å². The van der Waals surface area contributed by atoms with Gasteiger partial charge in [-0.15, -0.1) is 5.73 Å². The highest BCUT2D eigenvalue weighted by Crippen LogP contribution is 2.38. The number of nitrogens with zero attached hydrogens (tertiary/aromatic N) is 3. The van der Waals surface area contributed by atoms with Crippen molar-refractivity contribution in [3.63, 3.8) is 0 Å². The summed E-state index contributed by atoms with van der Waals surface area (Å²) < 4.78 is 66.1. The SMILES string of the molecule is CC.O=C(NCc1ncc(F)cc1F)[C@H](C1=C=C(C(F)(F)F)C1)n1c(=O)[nH]c2cnccc2c1=O.[HH].[HH]. The number of amides is 1. The molecule has 0 bridgehead atoms. The van der Waals surface area contributed by atoms with Crippen LogP contribution >= 0.6 is 0 Å². The highest BCUT2D eigenvalue weighted by atomic mass is 19.4. The van der Waals surface area contributed by atoms with Gasteiger partial charge in [0.05, 0.1) is 41.1 Å². The fourth-order valence-corrected chi connectivity index (χ4v) is 3.29. The predicted octanol–water partition coefficient (Wildman–Crippen LogP) is 3.55. The van der Waals surface area contributed by atoms with Crippen molar-refractivity contribution in [2.75, 3.05) is 0 Å². The fourth-order valence-electron chi connectivity index (χ4n) is 3.29. The quantitative estimate of drug-likeness (QED) is 0.412. The number of nitrogens with one attached hydrogen (secondary N) is 2. The Bertz CT molecular complexity index is 1480. The number of fused-ring (bicyclic) bond motifs is 1. The zero-order valence-corrected chi connectivity index (χ0v) is 18.3. The Labute approximate surface area is 196 Å². The maximum Gasteiger partial charge on any atom is 0.420 e. The Kier molecular flexibility index (Phi) is 7.30. The van der Waals surface area contributed by atoms with Crippen molar-refractivity contribution in [2.45, 2.75) is 39.0 Å². The first-order chi connectivity index (χ1) is 16.6. The molecule has 0 saturated heterocycles. The van der Waals surface area contributed by atoms with E-state index in [4.69, 9.17) is 0 Å². The highest BCUT2D eigenvalue weighted by Gasteiger charge is 2.41. The second-order valence-corrected chi connectivity index (χ2v) is 7.03. The van der Waals surface area contributed by atoms with E-state index >= 15 is 0 Å². The maximum atomic E-state index is 13.8. The van der Waals surface area contributed by atoms with Gasteiger partial charge in [-0.2, -0.15) is 13.2 Å². The molecule has 0 fully saturated rings. The molecule has 35 heavy (non-hydrogen) atoms. The summed E-state index contributed by atoms with van der Waals surface area (Å²) >= 11 is 0. The van der Waals surface area contributed by atoms with Crippen LogP contribution in [0.2, 0.25) is 0 Å². The summed E-state index contributed by atoms with van der Waals surface area (Å²) in [5, 5.41) is 2.19. The lowest BCUT2D eigenvalue weighted by molar-refractivity contribution is -0.124. The van der Waals surface area contributed by atoms with Crippen LogP contribution in [-0.4, -0.2) is 31.6 Å². The first kappa shape index (κ1) is 25.5. The molecule has 13 heteroatoms. The molecule has 0 saturated carbocycles. The van der Waals surface area contributed by atoms with E-state index < -0.39 is 59.5 Å². The maximum absolute atomic E-state index is 13.8. The number of carbonyl (C=O) groups is 1. The van der Waals surface area contributed by atoms with E-state index in [-0.39, 0.29) is 25.0 Å². The average Bonchev–Trinajstić information content (AvgIpc) is 2.76. The molecule has 0 aromatic carbocycles. The molecule has 1 aliphatic rings. The van der Waals surface area contributed by atoms with Crippen molar-refractivity contribution < 1.29 is 29.6 Å². The van der Waals surface area contributed by atoms with E-state index in [1.807, 2.05) is 19.6 Å². The number of alkyl halides is 3. The van der Waals surface area contributed by atoms with Crippen molar-refractivity contribution >= 4 is 16.8 Å². The number of H-pyrrole nitrogens is 1. The summed E-state index contributed by atoms with van der Waals surface area (Å²) in [6.07, 6.45) is -2.27. The van der Waals surface area contributed by atoms with Gasteiger partial charge >= 0.3 is 11.9 Å². The van der Waals surface area contributed by atoms with E-state index in [0.29, 0.717) is 16.8 Å². The number of aromatic nitrogens is 4. The summed E-state index contributed by atoms with van der Waals surface area (Å²) in [6, 6.07) is 0.00222. The van der Waals surface area contributed by atoms with Crippen molar-refractivity contribution in [1.29, 1.82) is 0 Å². The van der Waals surface area contributed by atoms with E-state index in [9.17, 15) is 36.3 Å². The molecular weight excluding hydrogens is 477 g/mol. The number of hydrogen-bond donors (Lipinski definition) is 2. The Balaban J connectivity index is 0.00000167. The van der Waals surface area contributed by atoms with Gasteiger partial charge in [-0.3, -0.25) is 19.6 Å². The van der Waals surface area contributed by atoms with Crippen molar-refractivity contribution in [2.24, 2.45) is 0 Å². The topological polar surface area (TPSA) is 110 Å².